The fraction of sp³-hybridized carbons (Fsp3) is 0.571. The largest absolute Gasteiger partial charge is 0.388 e. The van der Waals surface area contributed by atoms with Gasteiger partial charge in [-0.25, -0.2) is 0 Å². The van der Waals surface area contributed by atoms with Gasteiger partial charge in [0, 0.05) is 0 Å². The molecule has 1 aromatic rings. The van der Waals surface area contributed by atoms with Gasteiger partial charge in [0.15, 0.2) is 0 Å². The number of aliphatic hydroxyl groups is 1. The number of hydrogen-bond donors (Lipinski definition) is 2. The predicted molar refractivity (Wildman–Crippen MR) is 68.5 cm³/mol. The molecule has 2 N–H and O–H groups in total. The number of nitrogens with one attached hydrogen (secondary N) is 1. The minimum absolute atomic E-state index is 0.347. The van der Waals surface area contributed by atoms with Crippen LogP contribution in [0.2, 0.25) is 0 Å². The zero-order valence-corrected chi connectivity index (χ0v) is 10.5. The van der Waals surface area contributed by atoms with Gasteiger partial charge < -0.3 is 10.4 Å². The van der Waals surface area contributed by atoms with Crippen LogP contribution in [0.3, 0.4) is 0 Å². The van der Waals surface area contributed by atoms with Gasteiger partial charge in [0.05, 0.1) is 6.10 Å². The average Bonchev–Trinajstić information content (AvgIpc) is 2.25. The number of aryl methyl sites for hydroxylation is 1. The Morgan fingerprint density at radius 1 is 1.19 bits per heavy atom. The van der Waals surface area contributed by atoms with E-state index in [-0.39, 0.29) is 6.10 Å². The maximum absolute atomic E-state index is 9.94. The van der Waals surface area contributed by atoms with Gasteiger partial charge in [-0.15, -0.1) is 0 Å². The van der Waals surface area contributed by atoms with Crippen LogP contribution in [0.25, 0.3) is 0 Å². The molecule has 0 aliphatic carbocycles. The SMILES string of the molecule is Cc1ccc(C(O)CCNCC(C)C)cc1. The second-order valence-electron chi connectivity index (χ2n) is 4.81. The Labute approximate surface area is 98.7 Å². The second kappa shape index (κ2) is 6.66. The van der Waals surface area contributed by atoms with E-state index in [1.807, 2.05) is 24.3 Å². The smallest absolute Gasteiger partial charge is 0.0802 e. The summed E-state index contributed by atoms with van der Waals surface area (Å²) in [5, 5.41) is 13.3. The lowest BCUT2D eigenvalue weighted by atomic mass is 10.1. The van der Waals surface area contributed by atoms with Gasteiger partial charge in [-0.1, -0.05) is 43.7 Å². The summed E-state index contributed by atoms with van der Waals surface area (Å²) in [6.07, 6.45) is 0.427. The van der Waals surface area contributed by atoms with Crippen molar-refractivity contribution >= 4 is 0 Å². The third-order valence-corrected chi connectivity index (χ3v) is 2.61. The van der Waals surface area contributed by atoms with E-state index in [0.717, 1.165) is 25.1 Å². The van der Waals surface area contributed by atoms with Gasteiger partial charge in [0.1, 0.15) is 0 Å². The highest BCUT2D eigenvalue weighted by Gasteiger charge is 2.06. The van der Waals surface area contributed by atoms with Crippen LogP contribution < -0.4 is 5.32 Å². The van der Waals surface area contributed by atoms with Gasteiger partial charge in [-0.05, 0) is 37.9 Å². The van der Waals surface area contributed by atoms with Crippen LogP contribution in [-0.4, -0.2) is 18.2 Å². The summed E-state index contributed by atoms with van der Waals surface area (Å²) in [6.45, 7) is 8.31. The lowest BCUT2D eigenvalue weighted by Gasteiger charge is -2.12. The molecule has 1 aromatic carbocycles. The zero-order valence-electron chi connectivity index (χ0n) is 10.5. The maximum atomic E-state index is 9.94. The molecule has 0 aliphatic heterocycles. The van der Waals surface area contributed by atoms with E-state index in [2.05, 4.69) is 26.1 Å². The highest BCUT2D eigenvalue weighted by Crippen LogP contribution is 2.16. The van der Waals surface area contributed by atoms with Crippen LogP contribution in [-0.2, 0) is 0 Å². The molecule has 0 saturated heterocycles. The van der Waals surface area contributed by atoms with Crippen LogP contribution in [0.1, 0.15) is 37.5 Å². The van der Waals surface area contributed by atoms with E-state index in [1.165, 1.54) is 5.56 Å². The summed E-state index contributed by atoms with van der Waals surface area (Å²) < 4.78 is 0. The minimum atomic E-state index is -0.347. The van der Waals surface area contributed by atoms with E-state index in [1.54, 1.807) is 0 Å². The van der Waals surface area contributed by atoms with Crippen molar-refractivity contribution in [2.24, 2.45) is 5.92 Å². The summed E-state index contributed by atoms with van der Waals surface area (Å²) in [4.78, 5) is 0. The molecule has 1 atom stereocenters. The Bertz CT molecular complexity index is 292. The molecule has 0 fully saturated rings. The molecule has 0 spiro atoms. The van der Waals surface area contributed by atoms with Crippen LogP contribution in [0.4, 0.5) is 0 Å². The summed E-state index contributed by atoms with van der Waals surface area (Å²) in [5.41, 5.74) is 2.24. The summed E-state index contributed by atoms with van der Waals surface area (Å²) in [7, 11) is 0. The van der Waals surface area contributed by atoms with E-state index >= 15 is 0 Å². The molecule has 2 heteroatoms. The Morgan fingerprint density at radius 3 is 2.38 bits per heavy atom. The van der Waals surface area contributed by atoms with Crippen LogP contribution in [0.5, 0.6) is 0 Å². The van der Waals surface area contributed by atoms with Crippen molar-refractivity contribution in [1.82, 2.24) is 5.32 Å². The molecular weight excluding hydrogens is 198 g/mol. The Kier molecular flexibility index (Phi) is 5.50. The van der Waals surface area contributed by atoms with E-state index in [0.29, 0.717) is 5.92 Å². The highest BCUT2D eigenvalue weighted by atomic mass is 16.3. The number of rotatable bonds is 6. The fourth-order valence-corrected chi connectivity index (χ4v) is 1.58. The van der Waals surface area contributed by atoms with Gasteiger partial charge in [-0.3, -0.25) is 0 Å². The summed E-state index contributed by atoms with van der Waals surface area (Å²) in [5.74, 6) is 0.663. The van der Waals surface area contributed by atoms with Crippen molar-refractivity contribution in [2.75, 3.05) is 13.1 Å². The predicted octanol–water partition coefficient (Wildman–Crippen LogP) is 2.66. The first-order valence-corrected chi connectivity index (χ1v) is 6.05. The zero-order chi connectivity index (χ0) is 12.0. The van der Waals surface area contributed by atoms with E-state index < -0.39 is 0 Å². The molecule has 0 radical (unpaired) electrons. The third kappa shape index (κ3) is 4.77. The van der Waals surface area contributed by atoms with Crippen molar-refractivity contribution in [3.05, 3.63) is 35.4 Å². The minimum Gasteiger partial charge on any atom is -0.388 e. The summed E-state index contributed by atoms with van der Waals surface area (Å²) in [6, 6.07) is 8.09. The molecule has 0 aliphatic rings. The highest BCUT2D eigenvalue weighted by molar-refractivity contribution is 5.22. The number of hydrogen-bond acceptors (Lipinski definition) is 2. The first kappa shape index (κ1) is 13.2. The van der Waals surface area contributed by atoms with Crippen LogP contribution >= 0.6 is 0 Å². The van der Waals surface area contributed by atoms with Crippen molar-refractivity contribution in [2.45, 2.75) is 33.3 Å². The quantitative estimate of drug-likeness (QED) is 0.724. The third-order valence-electron chi connectivity index (χ3n) is 2.61. The molecule has 0 aromatic heterocycles. The Morgan fingerprint density at radius 2 is 1.81 bits per heavy atom. The van der Waals surface area contributed by atoms with Gasteiger partial charge in [0.25, 0.3) is 0 Å². The molecule has 90 valence electrons. The fourth-order valence-electron chi connectivity index (χ4n) is 1.58. The molecule has 1 unspecified atom stereocenters. The number of aliphatic hydroxyl groups excluding tert-OH is 1. The Hall–Kier alpha value is -0.860. The van der Waals surface area contributed by atoms with E-state index in [4.69, 9.17) is 0 Å². The lowest BCUT2D eigenvalue weighted by molar-refractivity contribution is 0.166. The van der Waals surface area contributed by atoms with Gasteiger partial charge >= 0.3 is 0 Å². The Balaban J connectivity index is 2.29. The van der Waals surface area contributed by atoms with Crippen molar-refractivity contribution in [3.8, 4) is 0 Å². The van der Waals surface area contributed by atoms with Crippen LogP contribution in [0, 0.1) is 12.8 Å². The average molecular weight is 221 g/mol. The first-order chi connectivity index (χ1) is 7.59. The molecule has 0 bridgehead atoms. The summed E-state index contributed by atoms with van der Waals surface area (Å²) >= 11 is 0. The number of benzene rings is 1. The molecule has 2 nitrogen and oxygen atoms in total. The second-order valence-corrected chi connectivity index (χ2v) is 4.81. The molecule has 16 heavy (non-hydrogen) atoms. The standard InChI is InChI=1S/C14H23NO/c1-11(2)10-15-9-8-14(16)13-6-4-12(3)5-7-13/h4-7,11,14-16H,8-10H2,1-3H3. The molecule has 0 heterocycles. The van der Waals surface area contributed by atoms with Gasteiger partial charge in [0.2, 0.25) is 0 Å². The lowest BCUT2D eigenvalue weighted by Crippen LogP contribution is -2.22. The first-order valence-electron chi connectivity index (χ1n) is 6.05. The normalized spacial score (nSPS) is 13.1. The van der Waals surface area contributed by atoms with Gasteiger partial charge in [-0.2, -0.15) is 0 Å². The van der Waals surface area contributed by atoms with E-state index in [9.17, 15) is 5.11 Å². The van der Waals surface area contributed by atoms with Crippen LogP contribution in [0.15, 0.2) is 24.3 Å². The molecular formula is C14H23NO. The molecule has 1 rings (SSSR count). The molecule has 0 saturated carbocycles. The molecule has 0 amide bonds. The monoisotopic (exact) mass is 221 g/mol. The van der Waals surface area contributed by atoms with Crippen molar-refractivity contribution in [1.29, 1.82) is 0 Å². The topological polar surface area (TPSA) is 32.3 Å². The maximum Gasteiger partial charge on any atom is 0.0802 e. The van der Waals surface area contributed by atoms with Crippen molar-refractivity contribution in [3.63, 3.8) is 0 Å². The van der Waals surface area contributed by atoms with Crippen molar-refractivity contribution < 1.29 is 5.11 Å².